The van der Waals surface area contributed by atoms with Crippen LogP contribution < -0.4 is 10.6 Å². The number of rotatable bonds is 8. The summed E-state index contributed by atoms with van der Waals surface area (Å²) in [5.74, 6) is -0.304. The van der Waals surface area contributed by atoms with Crippen molar-refractivity contribution < 1.29 is 19.6 Å². The lowest BCUT2D eigenvalue weighted by molar-refractivity contribution is -0.682. The smallest absolute Gasteiger partial charge is 0.305 e. The predicted molar refractivity (Wildman–Crippen MR) is 97.0 cm³/mol. The van der Waals surface area contributed by atoms with Crippen molar-refractivity contribution in [3.05, 3.63) is 65.7 Å². The quantitative estimate of drug-likeness (QED) is 0.571. The number of benzene rings is 2. The predicted octanol–water partition coefficient (Wildman–Crippen LogP) is 2.19. The third-order valence-corrected chi connectivity index (χ3v) is 3.98. The molecule has 132 valence electrons. The van der Waals surface area contributed by atoms with E-state index in [0.717, 1.165) is 16.8 Å². The maximum absolute atomic E-state index is 12.7. The molecule has 0 bridgehead atoms. The molecule has 0 saturated heterocycles. The van der Waals surface area contributed by atoms with E-state index in [2.05, 4.69) is 10.1 Å². The summed E-state index contributed by atoms with van der Waals surface area (Å²) in [4.78, 5) is 24.0. The summed E-state index contributed by atoms with van der Waals surface area (Å²) in [6, 6.07) is 17.0. The molecule has 0 aliphatic heterocycles. The third kappa shape index (κ3) is 6.04. The van der Waals surface area contributed by atoms with Gasteiger partial charge >= 0.3 is 5.97 Å². The maximum atomic E-state index is 12.7. The summed E-state index contributed by atoms with van der Waals surface area (Å²) in [6.07, 6.45) is 1.02. The van der Waals surface area contributed by atoms with Crippen molar-refractivity contribution in [2.45, 2.75) is 25.8 Å². The number of anilines is 1. The largest absolute Gasteiger partial charge is 0.469 e. The number of carbonyl (C=O) groups is 2. The zero-order chi connectivity index (χ0) is 18.1. The van der Waals surface area contributed by atoms with Gasteiger partial charge in [-0.1, -0.05) is 48.0 Å². The van der Waals surface area contributed by atoms with Crippen LogP contribution in [0.15, 0.2) is 54.6 Å². The van der Waals surface area contributed by atoms with Gasteiger partial charge in [0.15, 0.2) is 6.04 Å². The number of esters is 1. The van der Waals surface area contributed by atoms with Gasteiger partial charge in [0.25, 0.3) is 5.91 Å². The zero-order valence-electron chi connectivity index (χ0n) is 14.7. The molecule has 3 N–H and O–H groups in total. The molecule has 0 aromatic heterocycles. The summed E-state index contributed by atoms with van der Waals surface area (Å²) in [5.41, 5.74) is 2.86. The second kappa shape index (κ2) is 9.59. The number of nitrogens with two attached hydrogens (primary N) is 1. The normalized spacial score (nSPS) is 11.6. The highest BCUT2D eigenvalue weighted by atomic mass is 16.5. The van der Waals surface area contributed by atoms with E-state index in [1.807, 2.05) is 66.8 Å². The number of hydrogen-bond donors (Lipinski definition) is 2. The summed E-state index contributed by atoms with van der Waals surface area (Å²) in [5, 5.41) is 4.93. The van der Waals surface area contributed by atoms with Crippen LogP contribution in [0.2, 0.25) is 0 Å². The molecule has 2 aromatic rings. The van der Waals surface area contributed by atoms with Crippen molar-refractivity contribution in [2.24, 2.45) is 0 Å². The van der Waals surface area contributed by atoms with Crippen molar-refractivity contribution in [1.82, 2.24) is 0 Å². The molecule has 5 heteroatoms. The van der Waals surface area contributed by atoms with Gasteiger partial charge in [-0.2, -0.15) is 0 Å². The fourth-order valence-electron chi connectivity index (χ4n) is 2.54. The van der Waals surface area contributed by atoms with E-state index in [9.17, 15) is 9.59 Å². The maximum Gasteiger partial charge on any atom is 0.305 e. The molecule has 2 rings (SSSR count). The Morgan fingerprint density at radius 1 is 1.08 bits per heavy atom. The Morgan fingerprint density at radius 3 is 2.40 bits per heavy atom. The lowest BCUT2D eigenvalue weighted by Crippen LogP contribution is -2.87. The second-order valence-corrected chi connectivity index (χ2v) is 5.95. The molecular weight excluding hydrogens is 316 g/mol. The van der Waals surface area contributed by atoms with Gasteiger partial charge in [-0.25, -0.2) is 0 Å². The minimum atomic E-state index is -0.361. The standard InChI is InChI=1S/C20H24N2O3/c1-15-10-12-17(13-11-15)22-20(24)19(16-7-4-3-5-8-16)21-14-6-9-18(23)25-2/h3-5,7-8,10-13,19,21H,6,9,14H2,1-2H3,(H,22,24)/p+1/t19-/m0/s1. The van der Waals surface area contributed by atoms with Crippen LogP contribution in [-0.4, -0.2) is 25.5 Å². The molecule has 0 saturated carbocycles. The molecule has 1 amide bonds. The first-order chi connectivity index (χ1) is 12.1. The molecule has 0 spiro atoms. The van der Waals surface area contributed by atoms with E-state index in [1.54, 1.807) is 0 Å². The molecule has 1 atom stereocenters. The number of amides is 1. The van der Waals surface area contributed by atoms with Gasteiger partial charge < -0.3 is 15.4 Å². The topological polar surface area (TPSA) is 72.0 Å². The van der Waals surface area contributed by atoms with Crippen LogP contribution in [0.1, 0.15) is 30.0 Å². The highest BCUT2D eigenvalue weighted by Gasteiger charge is 2.23. The number of ether oxygens (including phenoxy) is 1. The molecule has 2 aromatic carbocycles. The van der Waals surface area contributed by atoms with Crippen LogP contribution in [0.5, 0.6) is 0 Å². The van der Waals surface area contributed by atoms with E-state index in [-0.39, 0.29) is 17.9 Å². The number of quaternary nitrogens is 1. The van der Waals surface area contributed by atoms with E-state index in [0.29, 0.717) is 19.4 Å². The van der Waals surface area contributed by atoms with E-state index >= 15 is 0 Å². The number of carbonyl (C=O) groups excluding carboxylic acids is 2. The van der Waals surface area contributed by atoms with Crippen molar-refractivity contribution in [1.29, 1.82) is 0 Å². The minimum Gasteiger partial charge on any atom is -0.469 e. The van der Waals surface area contributed by atoms with Crippen LogP contribution in [0.4, 0.5) is 5.69 Å². The first-order valence-corrected chi connectivity index (χ1v) is 8.43. The van der Waals surface area contributed by atoms with Crippen molar-refractivity contribution in [3.8, 4) is 0 Å². The number of hydrogen-bond acceptors (Lipinski definition) is 3. The third-order valence-electron chi connectivity index (χ3n) is 3.98. The lowest BCUT2D eigenvalue weighted by Gasteiger charge is -2.16. The van der Waals surface area contributed by atoms with Crippen LogP contribution in [0.3, 0.4) is 0 Å². The number of aryl methyl sites for hydroxylation is 1. The van der Waals surface area contributed by atoms with Crippen molar-refractivity contribution in [3.63, 3.8) is 0 Å². The average molecular weight is 341 g/mol. The van der Waals surface area contributed by atoms with E-state index in [1.165, 1.54) is 7.11 Å². The second-order valence-electron chi connectivity index (χ2n) is 5.95. The van der Waals surface area contributed by atoms with Gasteiger partial charge in [0.2, 0.25) is 0 Å². The Morgan fingerprint density at radius 2 is 1.76 bits per heavy atom. The fraction of sp³-hybridized carbons (Fsp3) is 0.300. The van der Waals surface area contributed by atoms with Crippen molar-refractivity contribution in [2.75, 3.05) is 19.0 Å². The molecule has 0 unspecified atom stereocenters. The number of methoxy groups -OCH3 is 1. The Bertz CT molecular complexity index is 684. The van der Waals surface area contributed by atoms with Gasteiger partial charge in [0, 0.05) is 17.7 Å². The lowest BCUT2D eigenvalue weighted by atomic mass is 10.1. The highest BCUT2D eigenvalue weighted by molar-refractivity contribution is 5.94. The van der Waals surface area contributed by atoms with Gasteiger partial charge in [-0.3, -0.25) is 9.59 Å². The monoisotopic (exact) mass is 341 g/mol. The molecule has 0 aliphatic carbocycles. The first-order valence-electron chi connectivity index (χ1n) is 8.43. The Labute approximate surface area is 148 Å². The SMILES string of the molecule is COC(=O)CCC[NH2+][C@H](C(=O)Nc1ccc(C)cc1)c1ccccc1. The Hall–Kier alpha value is -2.66. The molecule has 5 nitrogen and oxygen atoms in total. The minimum absolute atomic E-state index is 0.0758. The van der Waals surface area contributed by atoms with Crippen LogP contribution in [-0.2, 0) is 14.3 Å². The van der Waals surface area contributed by atoms with Gasteiger partial charge in [-0.15, -0.1) is 0 Å². The van der Waals surface area contributed by atoms with Gasteiger partial charge in [0.05, 0.1) is 20.1 Å². The molecule has 0 fully saturated rings. The van der Waals surface area contributed by atoms with Crippen LogP contribution in [0, 0.1) is 6.92 Å². The molecule has 0 aliphatic rings. The van der Waals surface area contributed by atoms with Crippen molar-refractivity contribution >= 4 is 17.6 Å². The summed E-state index contributed by atoms with van der Waals surface area (Å²) in [6.45, 7) is 2.67. The fourth-order valence-corrected chi connectivity index (χ4v) is 2.54. The molecule has 0 heterocycles. The summed E-state index contributed by atoms with van der Waals surface area (Å²) < 4.78 is 4.65. The van der Waals surface area contributed by atoms with Gasteiger partial charge in [-0.05, 0) is 19.1 Å². The zero-order valence-corrected chi connectivity index (χ0v) is 14.7. The summed E-state index contributed by atoms with van der Waals surface area (Å²) in [7, 11) is 1.38. The van der Waals surface area contributed by atoms with Gasteiger partial charge in [0.1, 0.15) is 0 Å². The summed E-state index contributed by atoms with van der Waals surface area (Å²) >= 11 is 0. The number of nitrogens with one attached hydrogen (secondary N) is 1. The van der Waals surface area contributed by atoms with Crippen LogP contribution in [0.25, 0.3) is 0 Å². The van der Waals surface area contributed by atoms with Crippen LogP contribution >= 0.6 is 0 Å². The molecule has 25 heavy (non-hydrogen) atoms. The highest BCUT2D eigenvalue weighted by Crippen LogP contribution is 2.14. The molecular formula is C20H25N2O3+. The Kier molecular flexibility index (Phi) is 7.16. The molecule has 0 radical (unpaired) electrons. The first kappa shape index (κ1) is 18.7. The van der Waals surface area contributed by atoms with E-state index in [4.69, 9.17) is 0 Å². The van der Waals surface area contributed by atoms with E-state index < -0.39 is 0 Å². The average Bonchev–Trinajstić information content (AvgIpc) is 2.64. The Balaban J connectivity index is 2.02.